The maximum atomic E-state index is 11.4. The van der Waals surface area contributed by atoms with E-state index in [9.17, 15) is 9.59 Å². The molecule has 0 bridgehead atoms. The SMILES string of the molecule is CCCCCCCCCCCCCCOCOC(=O)CCCCC(=O)O. The topological polar surface area (TPSA) is 72.8 Å². The van der Waals surface area contributed by atoms with Crippen molar-refractivity contribution < 1.29 is 24.2 Å². The predicted octanol–water partition coefficient (Wildman–Crippen LogP) is 5.85. The summed E-state index contributed by atoms with van der Waals surface area (Å²) in [5.74, 6) is -1.14. The van der Waals surface area contributed by atoms with Crippen LogP contribution >= 0.6 is 0 Å². The van der Waals surface area contributed by atoms with Crippen LogP contribution in [0.15, 0.2) is 0 Å². The van der Waals surface area contributed by atoms with Crippen molar-refractivity contribution in [2.75, 3.05) is 13.4 Å². The Morgan fingerprint density at radius 1 is 0.692 bits per heavy atom. The monoisotopic (exact) mass is 372 g/mol. The molecule has 0 aromatic heterocycles. The van der Waals surface area contributed by atoms with Gasteiger partial charge in [0.2, 0.25) is 0 Å². The van der Waals surface area contributed by atoms with E-state index >= 15 is 0 Å². The Hall–Kier alpha value is -1.10. The number of hydrogen-bond acceptors (Lipinski definition) is 4. The van der Waals surface area contributed by atoms with Crippen LogP contribution in [0.4, 0.5) is 0 Å². The Balaban J connectivity index is 3.12. The molecule has 0 spiro atoms. The highest BCUT2D eigenvalue weighted by Gasteiger charge is 2.04. The maximum absolute atomic E-state index is 11.4. The van der Waals surface area contributed by atoms with Crippen molar-refractivity contribution >= 4 is 11.9 Å². The molecule has 0 aliphatic rings. The number of unbranched alkanes of at least 4 members (excludes halogenated alkanes) is 12. The van der Waals surface area contributed by atoms with Crippen molar-refractivity contribution in [3.05, 3.63) is 0 Å². The molecule has 0 saturated heterocycles. The summed E-state index contributed by atoms with van der Waals surface area (Å²) in [6, 6.07) is 0. The van der Waals surface area contributed by atoms with Crippen LogP contribution in [-0.4, -0.2) is 30.4 Å². The molecule has 26 heavy (non-hydrogen) atoms. The number of rotatable bonds is 20. The van der Waals surface area contributed by atoms with Crippen LogP contribution in [0.25, 0.3) is 0 Å². The number of aliphatic carboxylic acids is 1. The van der Waals surface area contributed by atoms with Gasteiger partial charge in [-0.15, -0.1) is 0 Å². The Bertz CT molecular complexity index is 330. The van der Waals surface area contributed by atoms with Crippen molar-refractivity contribution in [1.82, 2.24) is 0 Å². The summed E-state index contributed by atoms with van der Waals surface area (Å²) < 4.78 is 10.3. The van der Waals surface area contributed by atoms with Crippen LogP contribution in [0.2, 0.25) is 0 Å². The van der Waals surface area contributed by atoms with E-state index in [0.29, 0.717) is 19.4 Å². The molecular formula is C21H40O5. The Morgan fingerprint density at radius 2 is 1.19 bits per heavy atom. The molecule has 0 heterocycles. The Labute approximate surface area is 159 Å². The largest absolute Gasteiger partial charge is 0.481 e. The second-order valence-electron chi connectivity index (χ2n) is 7.03. The summed E-state index contributed by atoms with van der Waals surface area (Å²) in [6.07, 6.45) is 17.1. The van der Waals surface area contributed by atoms with E-state index in [1.54, 1.807) is 0 Å². The van der Waals surface area contributed by atoms with Gasteiger partial charge in [0.05, 0.1) is 6.61 Å². The molecular weight excluding hydrogens is 332 g/mol. The molecule has 154 valence electrons. The van der Waals surface area contributed by atoms with Crippen LogP contribution in [-0.2, 0) is 19.1 Å². The van der Waals surface area contributed by atoms with Crippen molar-refractivity contribution in [3.63, 3.8) is 0 Å². The highest BCUT2D eigenvalue weighted by atomic mass is 16.7. The average Bonchev–Trinajstić information content (AvgIpc) is 2.62. The molecule has 0 aliphatic heterocycles. The number of carbonyl (C=O) groups excluding carboxylic acids is 1. The number of hydrogen-bond donors (Lipinski definition) is 1. The first kappa shape index (κ1) is 24.9. The van der Waals surface area contributed by atoms with Gasteiger partial charge in [-0.2, -0.15) is 0 Å². The molecule has 0 fully saturated rings. The Kier molecular flexibility index (Phi) is 19.4. The number of esters is 1. The molecule has 0 unspecified atom stereocenters. The van der Waals surface area contributed by atoms with Gasteiger partial charge in [-0.25, -0.2) is 0 Å². The lowest BCUT2D eigenvalue weighted by Gasteiger charge is -2.06. The third kappa shape index (κ3) is 20.9. The zero-order valence-electron chi connectivity index (χ0n) is 16.8. The minimum absolute atomic E-state index is 0.00972. The summed E-state index contributed by atoms with van der Waals surface area (Å²) >= 11 is 0. The highest BCUT2D eigenvalue weighted by molar-refractivity contribution is 5.69. The van der Waals surface area contributed by atoms with Crippen LogP contribution in [0, 0.1) is 0 Å². The van der Waals surface area contributed by atoms with E-state index in [1.807, 2.05) is 0 Å². The molecule has 0 rings (SSSR count). The van der Waals surface area contributed by atoms with Gasteiger partial charge in [0.1, 0.15) is 0 Å². The summed E-state index contributed by atoms with van der Waals surface area (Å²) in [7, 11) is 0. The van der Waals surface area contributed by atoms with Gasteiger partial charge in [-0.3, -0.25) is 9.59 Å². The average molecular weight is 373 g/mol. The third-order valence-corrected chi connectivity index (χ3v) is 4.47. The Morgan fingerprint density at radius 3 is 1.73 bits per heavy atom. The van der Waals surface area contributed by atoms with Crippen molar-refractivity contribution in [2.24, 2.45) is 0 Å². The molecule has 5 nitrogen and oxygen atoms in total. The molecule has 0 saturated carbocycles. The molecule has 0 atom stereocenters. The first-order chi connectivity index (χ1) is 12.7. The number of ether oxygens (including phenoxy) is 2. The standard InChI is InChI=1S/C21H40O5/c1-2-3-4-5-6-7-8-9-10-11-12-15-18-25-19-26-21(24)17-14-13-16-20(22)23/h2-19H2,1H3,(H,22,23). The maximum Gasteiger partial charge on any atom is 0.307 e. The lowest BCUT2D eigenvalue weighted by molar-refractivity contribution is -0.156. The second-order valence-corrected chi connectivity index (χ2v) is 7.03. The zero-order chi connectivity index (χ0) is 19.3. The lowest BCUT2D eigenvalue weighted by atomic mass is 10.1. The number of carboxylic acids is 1. The zero-order valence-corrected chi connectivity index (χ0v) is 16.8. The molecule has 1 N–H and O–H groups in total. The number of carbonyl (C=O) groups is 2. The smallest absolute Gasteiger partial charge is 0.307 e. The lowest BCUT2D eigenvalue weighted by Crippen LogP contribution is -2.09. The van der Waals surface area contributed by atoms with Gasteiger partial charge < -0.3 is 14.6 Å². The van der Waals surface area contributed by atoms with E-state index in [2.05, 4.69) is 6.92 Å². The van der Waals surface area contributed by atoms with Gasteiger partial charge >= 0.3 is 11.9 Å². The van der Waals surface area contributed by atoms with Crippen LogP contribution in [0.1, 0.15) is 110 Å². The molecule has 0 aromatic rings. The quantitative estimate of drug-likeness (QED) is 0.165. The van der Waals surface area contributed by atoms with Gasteiger partial charge in [0, 0.05) is 12.8 Å². The summed E-state index contributed by atoms with van der Waals surface area (Å²) in [5.41, 5.74) is 0. The van der Waals surface area contributed by atoms with E-state index in [1.165, 1.54) is 70.6 Å². The van der Waals surface area contributed by atoms with E-state index in [0.717, 1.165) is 6.42 Å². The van der Waals surface area contributed by atoms with Gasteiger partial charge in [0.15, 0.2) is 6.79 Å². The summed E-state index contributed by atoms with van der Waals surface area (Å²) in [6.45, 7) is 2.89. The first-order valence-corrected chi connectivity index (χ1v) is 10.6. The second kappa shape index (κ2) is 20.2. The summed E-state index contributed by atoms with van der Waals surface area (Å²) in [5, 5.41) is 8.49. The van der Waals surface area contributed by atoms with Crippen molar-refractivity contribution in [2.45, 2.75) is 110 Å². The highest BCUT2D eigenvalue weighted by Crippen LogP contribution is 2.11. The van der Waals surface area contributed by atoms with E-state index in [4.69, 9.17) is 14.6 Å². The van der Waals surface area contributed by atoms with Crippen LogP contribution < -0.4 is 0 Å². The normalized spacial score (nSPS) is 10.8. The first-order valence-electron chi connectivity index (χ1n) is 10.6. The minimum Gasteiger partial charge on any atom is -0.481 e. The van der Waals surface area contributed by atoms with Gasteiger partial charge in [-0.05, 0) is 19.3 Å². The fourth-order valence-electron chi connectivity index (χ4n) is 2.83. The van der Waals surface area contributed by atoms with E-state index < -0.39 is 5.97 Å². The molecule has 0 aromatic carbocycles. The van der Waals surface area contributed by atoms with Crippen molar-refractivity contribution in [3.8, 4) is 0 Å². The van der Waals surface area contributed by atoms with Gasteiger partial charge in [0.25, 0.3) is 0 Å². The third-order valence-electron chi connectivity index (χ3n) is 4.47. The number of carboxylic acid groups (broad SMARTS) is 1. The predicted molar refractivity (Wildman–Crippen MR) is 104 cm³/mol. The summed E-state index contributed by atoms with van der Waals surface area (Å²) in [4.78, 5) is 21.7. The fourth-order valence-corrected chi connectivity index (χ4v) is 2.83. The molecule has 0 amide bonds. The van der Waals surface area contributed by atoms with E-state index in [-0.39, 0.29) is 25.6 Å². The fraction of sp³-hybridized carbons (Fsp3) is 0.905. The minimum atomic E-state index is -0.830. The van der Waals surface area contributed by atoms with Crippen LogP contribution in [0.3, 0.4) is 0 Å². The van der Waals surface area contributed by atoms with Gasteiger partial charge in [-0.1, -0.05) is 77.6 Å². The van der Waals surface area contributed by atoms with Crippen molar-refractivity contribution in [1.29, 1.82) is 0 Å². The van der Waals surface area contributed by atoms with Crippen LogP contribution in [0.5, 0.6) is 0 Å². The molecule has 5 heteroatoms. The molecule has 0 aliphatic carbocycles. The molecule has 0 radical (unpaired) electrons.